The van der Waals surface area contributed by atoms with Crippen LogP contribution in [0.3, 0.4) is 0 Å². The molecule has 1 aromatic rings. The van der Waals surface area contributed by atoms with E-state index in [4.69, 9.17) is 0 Å². The summed E-state index contributed by atoms with van der Waals surface area (Å²) in [5, 5.41) is 0. The summed E-state index contributed by atoms with van der Waals surface area (Å²) in [7, 11) is 6.33. The molecular formula is C13H21IN2O. The molecule has 0 radical (unpaired) electrons. The Hall–Kier alpha value is -0.490. The molecule has 3 nitrogen and oxygen atoms in total. The van der Waals surface area contributed by atoms with Crippen LogP contribution in [0.25, 0.3) is 0 Å². The third-order valence-electron chi connectivity index (χ3n) is 2.58. The molecule has 1 aromatic heterocycles. The fourth-order valence-electron chi connectivity index (χ4n) is 1.80. The van der Waals surface area contributed by atoms with Crippen molar-refractivity contribution in [3.05, 3.63) is 30.1 Å². The van der Waals surface area contributed by atoms with Crippen molar-refractivity contribution >= 4 is 5.78 Å². The van der Waals surface area contributed by atoms with Gasteiger partial charge in [0.2, 0.25) is 0 Å². The third kappa shape index (κ3) is 5.59. The third-order valence-corrected chi connectivity index (χ3v) is 2.58. The van der Waals surface area contributed by atoms with Gasteiger partial charge >= 0.3 is 0 Å². The minimum Gasteiger partial charge on any atom is -1.00 e. The fourth-order valence-corrected chi connectivity index (χ4v) is 1.80. The number of hydrogen-bond acceptors (Lipinski definition) is 2. The lowest BCUT2D eigenvalue weighted by molar-refractivity contribution is -0.872. The number of nitrogens with zero attached hydrogens (tertiary/aromatic N) is 2. The van der Waals surface area contributed by atoms with E-state index in [1.165, 1.54) is 0 Å². The Labute approximate surface area is 121 Å². The van der Waals surface area contributed by atoms with E-state index in [1.807, 2.05) is 12.1 Å². The standard InChI is InChI=1S/C13H21N2O.HI/c1-5-11(10-15(2,3)4)13(16)12-7-6-8-14-9-12;/h6-9,11H,5,10H2,1-4H3;1H/q+1;/p-1. The molecule has 1 unspecified atom stereocenters. The van der Waals surface area contributed by atoms with E-state index < -0.39 is 0 Å². The van der Waals surface area contributed by atoms with Crippen molar-refractivity contribution in [2.75, 3.05) is 27.7 Å². The number of quaternary nitrogens is 1. The van der Waals surface area contributed by atoms with Gasteiger partial charge in [0.05, 0.1) is 33.6 Å². The van der Waals surface area contributed by atoms with E-state index >= 15 is 0 Å². The van der Waals surface area contributed by atoms with Crippen LogP contribution in [0.15, 0.2) is 24.5 Å². The van der Waals surface area contributed by atoms with Crippen LogP contribution in [0.1, 0.15) is 23.7 Å². The summed E-state index contributed by atoms with van der Waals surface area (Å²) >= 11 is 0. The number of hydrogen-bond donors (Lipinski definition) is 0. The van der Waals surface area contributed by atoms with Crippen LogP contribution < -0.4 is 24.0 Å². The summed E-state index contributed by atoms with van der Waals surface area (Å²) < 4.78 is 0.810. The average molecular weight is 348 g/mol. The molecular weight excluding hydrogens is 327 g/mol. The molecule has 0 spiro atoms. The van der Waals surface area contributed by atoms with Gasteiger partial charge in [0.1, 0.15) is 0 Å². The van der Waals surface area contributed by atoms with Crippen LogP contribution in [-0.4, -0.2) is 42.9 Å². The second kappa shape index (κ2) is 7.06. The van der Waals surface area contributed by atoms with Crippen molar-refractivity contribution in [2.45, 2.75) is 13.3 Å². The summed E-state index contributed by atoms with van der Waals surface area (Å²) in [5.74, 6) is 0.299. The van der Waals surface area contributed by atoms with Crippen LogP contribution in [0, 0.1) is 5.92 Å². The maximum Gasteiger partial charge on any atom is 0.173 e. The number of ketones is 1. The maximum atomic E-state index is 12.2. The lowest BCUT2D eigenvalue weighted by Gasteiger charge is -2.28. The van der Waals surface area contributed by atoms with Gasteiger partial charge < -0.3 is 28.5 Å². The number of Topliss-reactive ketones (excluding diaryl/α,β-unsaturated/α-hetero) is 1. The van der Waals surface area contributed by atoms with Gasteiger partial charge in [-0.2, -0.15) is 0 Å². The first-order chi connectivity index (χ1) is 7.44. The Balaban J connectivity index is 0.00000256. The van der Waals surface area contributed by atoms with E-state index in [1.54, 1.807) is 12.4 Å². The molecule has 0 fully saturated rings. The number of halogens is 1. The van der Waals surface area contributed by atoms with Crippen LogP contribution >= 0.6 is 0 Å². The molecule has 0 amide bonds. The van der Waals surface area contributed by atoms with Gasteiger partial charge in [0, 0.05) is 18.0 Å². The van der Waals surface area contributed by atoms with Crippen LogP contribution in [0.5, 0.6) is 0 Å². The van der Waals surface area contributed by atoms with E-state index in [0.29, 0.717) is 0 Å². The minimum absolute atomic E-state index is 0. The molecule has 1 rings (SSSR count). The Morgan fingerprint density at radius 1 is 1.41 bits per heavy atom. The van der Waals surface area contributed by atoms with Crippen molar-refractivity contribution < 1.29 is 33.3 Å². The predicted molar refractivity (Wildman–Crippen MR) is 65.2 cm³/mol. The van der Waals surface area contributed by atoms with Gasteiger partial charge in [-0.05, 0) is 18.6 Å². The predicted octanol–water partition coefficient (Wildman–Crippen LogP) is -0.999. The summed E-state index contributed by atoms with van der Waals surface area (Å²) in [4.78, 5) is 16.2. The van der Waals surface area contributed by atoms with Crippen LogP contribution in [0.4, 0.5) is 0 Å². The summed E-state index contributed by atoms with van der Waals surface area (Å²) in [6.07, 6.45) is 4.22. The normalized spacial score (nSPS) is 12.7. The maximum absolute atomic E-state index is 12.2. The van der Waals surface area contributed by atoms with Gasteiger partial charge in [-0.1, -0.05) is 6.92 Å². The largest absolute Gasteiger partial charge is 1.00 e. The first-order valence-electron chi connectivity index (χ1n) is 5.68. The average Bonchev–Trinajstić information content (AvgIpc) is 2.25. The van der Waals surface area contributed by atoms with Gasteiger partial charge in [-0.25, -0.2) is 0 Å². The summed E-state index contributed by atoms with van der Waals surface area (Å²) in [6, 6.07) is 3.65. The zero-order valence-corrected chi connectivity index (χ0v) is 13.1. The second-order valence-electron chi connectivity index (χ2n) is 5.18. The van der Waals surface area contributed by atoms with Crippen molar-refractivity contribution in [1.29, 1.82) is 0 Å². The summed E-state index contributed by atoms with van der Waals surface area (Å²) in [6.45, 7) is 2.93. The molecule has 0 aromatic carbocycles. The number of aromatic nitrogens is 1. The van der Waals surface area contributed by atoms with E-state index in [-0.39, 0.29) is 35.7 Å². The highest BCUT2D eigenvalue weighted by molar-refractivity contribution is 5.97. The van der Waals surface area contributed by atoms with E-state index in [9.17, 15) is 4.79 Å². The van der Waals surface area contributed by atoms with Crippen molar-refractivity contribution in [3.8, 4) is 0 Å². The molecule has 96 valence electrons. The molecule has 0 aliphatic carbocycles. The van der Waals surface area contributed by atoms with Crippen LogP contribution in [0.2, 0.25) is 0 Å². The van der Waals surface area contributed by atoms with E-state index in [2.05, 4.69) is 33.1 Å². The Kier molecular flexibility index (Phi) is 6.85. The molecule has 1 atom stereocenters. The smallest absolute Gasteiger partial charge is 0.173 e. The van der Waals surface area contributed by atoms with Crippen molar-refractivity contribution in [1.82, 2.24) is 4.98 Å². The second-order valence-corrected chi connectivity index (χ2v) is 5.18. The van der Waals surface area contributed by atoms with Gasteiger partial charge in [-0.15, -0.1) is 0 Å². The van der Waals surface area contributed by atoms with Crippen LogP contribution in [-0.2, 0) is 0 Å². The monoisotopic (exact) mass is 348 g/mol. The fraction of sp³-hybridized carbons (Fsp3) is 0.538. The number of pyridine rings is 1. The van der Waals surface area contributed by atoms with Crippen molar-refractivity contribution in [3.63, 3.8) is 0 Å². The van der Waals surface area contributed by atoms with Gasteiger partial charge in [-0.3, -0.25) is 9.78 Å². The minimum atomic E-state index is 0. The quantitative estimate of drug-likeness (QED) is 0.388. The molecule has 0 aliphatic rings. The number of rotatable bonds is 5. The first-order valence-corrected chi connectivity index (χ1v) is 5.68. The lowest BCUT2D eigenvalue weighted by Crippen LogP contribution is -3.00. The zero-order chi connectivity index (χ0) is 12.2. The highest BCUT2D eigenvalue weighted by atomic mass is 127. The summed E-state index contributed by atoms with van der Waals surface area (Å²) in [5.41, 5.74) is 0.725. The molecule has 0 saturated heterocycles. The molecule has 0 bridgehead atoms. The Morgan fingerprint density at radius 2 is 2.06 bits per heavy atom. The first kappa shape index (κ1) is 16.5. The highest BCUT2D eigenvalue weighted by Gasteiger charge is 2.24. The number of carbonyl (C=O) groups is 1. The van der Waals surface area contributed by atoms with Gasteiger partial charge in [0.25, 0.3) is 0 Å². The Morgan fingerprint density at radius 3 is 2.47 bits per heavy atom. The number of carbonyl (C=O) groups excluding carboxylic acids is 1. The Bertz CT molecular complexity index is 346. The molecule has 0 N–H and O–H groups in total. The molecule has 4 heteroatoms. The van der Waals surface area contributed by atoms with Crippen molar-refractivity contribution in [2.24, 2.45) is 5.92 Å². The van der Waals surface area contributed by atoms with Gasteiger partial charge in [0.15, 0.2) is 5.78 Å². The topological polar surface area (TPSA) is 30.0 Å². The molecule has 0 saturated carbocycles. The zero-order valence-electron chi connectivity index (χ0n) is 11.0. The SMILES string of the molecule is CCC(C[N+](C)(C)C)C(=O)c1cccnc1.[I-]. The molecule has 17 heavy (non-hydrogen) atoms. The molecule has 0 aliphatic heterocycles. The van der Waals surface area contributed by atoms with E-state index in [0.717, 1.165) is 23.0 Å². The lowest BCUT2D eigenvalue weighted by atomic mass is 9.95. The highest BCUT2D eigenvalue weighted by Crippen LogP contribution is 2.14. The molecule has 1 heterocycles.